The van der Waals surface area contributed by atoms with E-state index in [0.717, 1.165) is 34.3 Å². The molecule has 0 unspecified atom stereocenters. The third-order valence-corrected chi connectivity index (χ3v) is 4.11. The van der Waals surface area contributed by atoms with Crippen LogP contribution in [0.15, 0.2) is 16.1 Å². The summed E-state index contributed by atoms with van der Waals surface area (Å²) in [4.78, 5) is 5.24. The van der Waals surface area contributed by atoms with Crippen molar-refractivity contribution in [2.45, 2.75) is 42.8 Å². The van der Waals surface area contributed by atoms with Crippen molar-refractivity contribution >= 4 is 17.6 Å². The van der Waals surface area contributed by atoms with Gasteiger partial charge in [-0.25, -0.2) is 4.68 Å². The van der Waals surface area contributed by atoms with Gasteiger partial charge in [0.15, 0.2) is 0 Å². The highest BCUT2D eigenvalue weighted by molar-refractivity contribution is 7.99. The van der Waals surface area contributed by atoms with Crippen molar-refractivity contribution in [1.29, 1.82) is 5.41 Å². The van der Waals surface area contributed by atoms with Gasteiger partial charge >= 0.3 is 0 Å². The number of nitrogens with zero attached hydrogens (tertiary/aromatic N) is 5. The topological polar surface area (TPSA) is 106 Å². The van der Waals surface area contributed by atoms with E-state index in [0.29, 0.717) is 11.6 Å². The molecule has 2 heterocycles. The maximum Gasteiger partial charge on any atom is 0.214 e. The molecule has 0 amide bonds. The standard InChI is InChI=1S/C12H15N7S/c1-6-5-9(10(11(13)14)7(2)15-6)20-12-16-17-18-19(12)8-3-4-8/h5,8H,3-4H2,1-2H3,(H3,13,14). The maximum absolute atomic E-state index is 7.73. The van der Waals surface area contributed by atoms with Crippen molar-refractivity contribution < 1.29 is 0 Å². The van der Waals surface area contributed by atoms with Crippen LogP contribution in [0.2, 0.25) is 0 Å². The van der Waals surface area contributed by atoms with Crippen LogP contribution in [0, 0.1) is 19.3 Å². The zero-order chi connectivity index (χ0) is 14.3. The van der Waals surface area contributed by atoms with E-state index in [-0.39, 0.29) is 5.84 Å². The minimum absolute atomic E-state index is 0.0166. The van der Waals surface area contributed by atoms with Gasteiger partial charge in [0.2, 0.25) is 5.16 Å². The second kappa shape index (κ2) is 4.86. The molecule has 7 nitrogen and oxygen atoms in total. The number of amidine groups is 1. The third kappa shape index (κ3) is 2.38. The van der Waals surface area contributed by atoms with Gasteiger partial charge in [-0.15, -0.1) is 5.10 Å². The zero-order valence-corrected chi connectivity index (χ0v) is 12.1. The normalized spacial score (nSPS) is 14.5. The van der Waals surface area contributed by atoms with E-state index in [1.807, 2.05) is 24.6 Å². The van der Waals surface area contributed by atoms with Crippen molar-refractivity contribution in [3.63, 3.8) is 0 Å². The Hall–Kier alpha value is -1.96. The zero-order valence-electron chi connectivity index (χ0n) is 11.3. The summed E-state index contributed by atoms with van der Waals surface area (Å²) >= 11 is 1.44. The van der Waals surface area contributed by atoms with E-state index in [4.69, 9.17) is 11.1 Å². The molecule has 2 aromatic heterocycles. The Labute approximate surface area is 120 Å². The van der Waals surface area contributed by atoms with Gasteiger partial charge in [-0.3, -0.25) is 10.4 Å². The molecule has 1 aliphatic carbocycles. The number of hydrogen-bond donors (Lipinski definition) is 2. The number of rotatable bonds is 4. The summed E-state index contributed by atoms with van der Waals surface area (Å²) in [6.07, 6.45) is 2.24. The molecule has 0 atom stereocenters. The van der Waals surface area contributed by atoms with Crippen LogP contribution in [0.3, 0.4) is 0 Å². The van der Waals surface area contributed by atoms with Gasteiger partial charge in [0, 0.05) is 16.3 Å². The van der Waals surface area contributed by atoms with E-state index in [2.05, 4.69) is 20.5 Å². The van der Waals surface area contributed by atoms with E-state index >= 15 is 0 Å². The Bertz CT molecular complexity index is 674. The predicted octanol–water partition coefficient (Wildman–Crippen LogP) is 1.46. The van der Waals surface area contributed by atoms with Crippen LogP contribution in [0.4, 0.5) is 0 Å². The summed E-state index contributed by atoms with van der Waals surface area (Å²) in [6, 6.07) is 2.33. The highest BCUT2D eigenvalue weighted by atomic mass is 32.2. The molecule has 104 valence electrons. The molecule has 20 heavy (non-hydrogen) atoms. The van der Waals surface area contributed by atoms with E-state index in [1.54, 1.807) is 0 Å². The Morgan fingerprint density at radius 3 is 2.85 bits per heavy atom. The summed E-state index contributed by atoms with van der Waals surface area (Å²) in [6.45, 7) is 3.78. The SMILES string of the molecule is Cc1cc(Sc2nnnn2C2CC2)c(C(=N)N)c(C)n1. The summed E-state index contributed by atoms with van der Waals surface area (Å²) in [5.41, 5.74) is 7.98. The molecule has 1 fully saturated rings. The molecule has 1 aliphatic rings. The number of nitrogen functional groups attached to an aromatic ring is 1. The maximum atomic E-state index is 7.73. The van der Waals surface area contributed by atoms with Crippen LogP contribution in [0.25, 0.3) is 0 Å². The smallest absolute Gasteiger partial charge is 0.214 e. The lowest BCUT2D eigenvalue weighted by molar-refractivity contribution is 0.565. The summed E-state index contributed by atoms with van der Waals surface area (Å²) in [5.74, 6) is 0.0166. The predicted molar refractivity (Wildman–Crippen MR) is 74.9 cm³/mol. The molecular weight excluding hydrogens is 274 g/mol. The second-order valence-electron chi connectivity index (χ2n) is 4.88. The van der Waals surface area contributed by atoms with Crippen molar-refractivity contribution in [2.24, 2.45) is 5.73 Å². The van der Waals surface area contributed by atoms with Crippen LogP contribution in [0.5, 0.6) is 0 Å². The number of tetrazole rings is 1. The van der Waals surface area contributed by atoms with Crippen molar-refractivity contribution in [3.05, 3.63) is 23.0 Å². The molecule has 3 N–H and O–H groups in total. The first-order valence-electron chi connectivity index (χ1n) is 6.34. The largest absolute Gasteiger partial charge is 0.384 e. The van der Waals surface area contributed by atoms with Gasteiger partial charge < -0.3 is 5.73 Å². The van der Waals surface area contributed by atoms with Crippen molar-refractivity contribution in [3.8, 4) is 0 Å². The van der Waals surface area contributed by atoms with Crippen LogP contribution in [0.1, 0.15) is 35.8 Å². The van der Waals surface area contributed by atoms with E-state index in [9.17, 15) is 0 Å². The summed E-state index contributed by atoms with van der Waals surface area (Å²) in [7, 11) is 0. The fraction of sp³-hybridized carbons (Fsp3) is 0.417. The molecule has 8 heteroatoms. The lowest BCUT2D eigenvalue weighted by Crippen LogP contribution is -2.15. The number of pyridine rings is 1. The van der Waals surface area contributed by atoms with Gasteiger partial charge in [0.25, 0.3) is 0 Å². The van der Waals surface area contributed by atoms with E-state index in [1.165, 1.54) is 11.8 Å². The molecule has 0 spiro atoms. The molecule has 1 saturated carbocycles. The lowest BCUT2D eigenvalue weighted by Gasteiger charge is -2.11. The van der Waals surface area contributed by atoms with Gasteiger partial charge in [-0.2, -0.15) is 0 Å². The fourth-order valence-corrected chi connectivity index (χ4v) is 3.24. The van der Waals surface area contributed by atoms with Gasteiger partial charge in [-0.1, -0.05) is 0 Å². The highest BCUT2D eigenvalue weighted by Gasteiger charge is 2.28. The van der Waals surface area contributed by atoms with Gasteiger partial charge in [0.05, 0.1) is 11.6 Å². The number of aryl methyl sites for hydroxylation is 2. The van der Waals surface area contributed by atoms with Crippen LogP contribution < -0.4 is 5.73 Å². The molecule has 0 aromatic carbocycles. The second-order valence-corrected chi connectivity index (χ2v) is 5.88. The van der Waals surface area contributed by atoms with Crippen molar-refractivity contribution in [2.75, 3.05) is 0 Å². The van der Waals surface area contributed by atoms with Gasteiger partial charge in [0.1, 0.15) is 5.84 Å². The summed E-state index contributed by atoms with van der Waals surface area (Å²) in [5, 5.41) is 20.3. The van der Waals surface area contributed by atoms with Crippen molar-refractivity contribution in [1.82, 2.24) is 25.2 Å². The average molecular weight is 289 g/mol. The molecule has 2 aromatic rings. The first kappa shape index (κ1) is 13.0. The van der Waals surface area contributed by atoms with Crippen LogP contribution in [-0.4, -0.2) is 31.0 Å². The van der Waals surface area contributed by atoms with Crippen LogP contribution in [-0.2, 0) is 0 Å². The fourth-order valence-electron chi connectivity index (χ4n) is 2.10. The number of aromatic nitrogens is 5. The average Bonchev–Trinajstić information content (AvgIpc) is 3.09. The number of hydrogen-bond acceptors (Lipinski definition) is 6. The molecular formula is C12H15N7S. The Balaban J connectivity index is 2.01. The molecule has 0 aliphatic heterocycles. The molecule has 0 saturated heterocycles. The Kier molecular flexibility index (Phi) is 3.17. The molecule has 3 rings (SSSR count). The summed E-state index contributed by atoms with van der Waals surface area (Å²) < 4.78 is 1.85. The monoisotopic (exact) mass is 289 g/mol. The Morgan fingerprint density at radius 2 is 2.20 bits per heavy atom. The first-order valence-corrected chi connectivity index (χ1v) is 7.16. The highest BCUT2D eigenvalue weighted by Crippen LogP contribution is 2.38. The molecule has 0 bridgehead atoms. The first-order chi connectivity index (χ1) is 9.56. The minimum atomic E-state index is 0.0166. The quantitative estimate of drug-likeness (QED) is 0.652. The third-order valence-electron chi connectivity index (χ3n) is 3.12. The number of nitrogens with one attached hydrogen (secondary N) is 1. The lowest BCUT2D eigenvalue weighted by atomic mass is 10.1. The van der Waals surface area contributed by atoms with Crippen LogP contribution >= 0.6 is 11.8 Å². The van der Waals surface area contributed by atoms with Gasteiger partial charge in [-0.05, 0) is 54.9 Å². The Morgan fingerprint density at radius 1 is 1.45 bits per heavy atom. The minimum Gasteiger partial charge on any atom is -0.384 e. The molecule has 0 radical (unpaired) electrons. The number of nitrogens with two attached hydrogens (primary N) is 1. The van der Waals surface area contributed by atoms with E-state index < -0.39 is 0 Å².